The minimum absolute atomic E-state index is 0.0755. The Morgan fingerprint density at radius 3 is 2.23 bits per heavy atom. The highest BCUT2D eigenvalue weighted by atomic mass is 16.5. The van der Waals surface area contributed by atoms with Crippen molar-refractivity contribution in [3.05, 3.63) is 12.2 Å². The molecule has 0 spiro atoms. The summed E-state index contributed by atoms with van der Waals surface area (Å²) in [6.45, 7) is 11.7. The van der Waals surface area contributed by atoms with Crippen LogP contribution in [0.2, 0.25) is 0 Å². The highest BCUT2D eigenvalue weighted by molar-refractivity contribution is 6.36. The van der Waals surface area contributed by atoms with E-state index in [-0.39, 0.29) is 66.0 Å². The molecular weight excluding hydrogens is 512 g/mol. The molecule has 40 heavy (non-hydrogen) atoms. The lowest BCUT2D eigenvalue weighted by Crippen LogP contribution is -2.49. The van der Waals surface area contributed by atoms with Crippen molar-refractivity contribution >= 4 is 35.1 Å². The van der Waals surface area contributed by atoms with Gasteiger partial charge in [-0.3, -0.25) is 24.0 Å². The molecule has 0 aromatic rings. The van der Waals surface area contributed by atoms with Gasteiger partial charge in [-0.15, -0.1) is 0 Å². The first kappa shape index (κ1) is 31.7. The van der Waals surface area contributed by atoms with Crippen LogP contribution in [0.1, 0.15) is 86.5 Å². The van der Waals surface area contributed by atoms with Gasteiger partial charge in [0.15, 0.2) is 5.78 Å². The van der Waals surface area contributed by atoms with Gasteiger partial charge in [0.1, 0.15) is 12.4 Å². The van der Waals surface area contributed by atoms with E-state index in [0.29, 0.717) is 13.0 Å². The molecule has 2 unspecified atom stereocenters. The highest BCUT2D eigenvalue weighted by Gasteiger charge is 2.69. The molecule has 0 aromatic heterocycles. The van der Waals surface area contributed by atoms with Crippen LogP contribution in [0.25, 0.3) is 0 Å². The number of ether oxygens (including phenoxy) is 1. The molecule has 0 radical (unpaired) electrons. The number of fused-ring (bicyclic) bond motifs is 1. The van der Waals surface area contributed by atoms with Crippen molar-refractivity contribution in [2.24, 2.45) is 46.2 Å². The lowest BCUT2D eigenvalue weighted by molar-refractivity contribution is -0.150. The number of nitrogens with zero attached hydrogens (tertiary/aromatic N) is 1. The average Bonchev–Trinajstić information content (AvgIpc) is 3.14. The standard InChI is InChI=1S/C31H46N2O7/c1-7-9-24(36)40-17-20(13-21(34)15-30(2,3)4)29(39)33-16-22-25(31(22,5)6)26(33)23(35)14-19(27(37)28(32)38)12-18-10-8-11-18/h7,9,18-20,22,25-26H,8,10-17H2,1-6H3,(H2,32,38)/b9-7+/t19?,20-,22?,25-,26+/m0/s1. The summed E-state index contributed by atoms with van der Waals surface area (Å²) in [7, 11) is 0. The molecule has 0 aromatic carbocycles. The average molecular weight is 559 g/mol. The molecule has 2 saturated carbocycles. The SMILES string of the molecule is C/C=C/C(=O)OC[C@H](CC(=O)CC(C)(C)C)C(=O)N1CC2[C@@H]([C@H]1C(=O)CC(CC1CCC1)C(=O)C(N)=O)C2(C)C. The monoisotopic (exact) mass is 558 g/mol. The van der Waals surface area contributed by atoms with Gasteiger partial charge in [0, 0.05) is 37.8 Å². The number of Topliss-reactive ketones (excluding diaryl/α,β-unsaturated/α-hetero) is 3. The number of ketones is 3. The molecule has 2 aliphatic carbocycles. The smallest absolute Gasteiger partial charge is 0.330 e. The molecule has 1 heterocycles. The van der Waals surface area contributed by atoms with Crippen molar-refractivity contribution in [2.75, 3.05) is 13.2 Å². The summed E-state index contributed by atoms with van der Waals surface area (Å²) >= 11 is 0. The minimum Gasteiger partial charge on any atom is -0.462 e. The second-order valence-electron chi connectivity index (χ2n) is 13.8. The van der Waals surface area contributed by atoms with Crippen LogP contribution in [0.5, 0.6) is 0 Å². The van der Waals surface area contributed by atoms with Gasteiger partial charge in [-0.2, -0.15) is 0 Å². The Kier molecular flexibility index (Phi) is 9.78. The Balaban J connectivity index is 1.82. The number of hydrogen-bond acceptors (Lipinski definition) is 7. The molecule has 1 saturated heterocycles. The third-order valence-corrected chi connectivity index (χ3v) is 9.01. The van der Waals surface area contributed by atoms with Crippen molar-refractivity contribution in [1.82, 2.24) is 4.90 Å². The molecule has 9 heteroatoms. The van der Waals surface area contributed by atoms with Gasteiger partial charge in [-0.1, -0.05) is 60.0 Å². The second kappa shape index (κ2) is 12.4. The maximum Gasteiger partial charge on any atom is 0.330 e. The fourth-order valence-corrected chi connectivity index (χ4v) is 6.62. The lowest BCUT2D eigenvalue weighted by Gasteiger charge is -2.34. The van der Waals surface area contributed by atoms with Crippen molar-refractivity contribution in [3.8, 4) is 0 Å². The zero-order valence-corrected chi connectivity index (χ0v) is 24.9. The van der Waals surface area contributed by atoms with Gasteiger partial charge < -0.3 is 15.4 Å². The summed E-state index contributed by atoms with van der Waals surface area (Å²) in [4.78, 5) is 78.7. The number of amides is 2. The third kappa shape index (κ3) is 7.46. The fourth-order valence-electron chi connectivity index (χ4n) is 6.62. The van der Waals surface area contributed by atoms with Gasteiger partial charge in [0.25, 0.3) is 5.91 Å². The lowest BCUT2D eigenvalue weighted by atomic mass is 9.76. The van der Waals surface area contributed by atoms with Crippen LogP contribution in [-0.2, 0) is 33.5 Å². The van der Waals surface area contributed by atoms with Crippen LogP contribution in [0.4, 0.5) is 0 Å². The topological polar surface area (TPSA) is 141 Å². The number of hydrogen-bond donors (Lipinski definition) is 1. The number of allylic oxidation sites excluding steroid dienone is 1. The molecule has 1 aliphatic heterocycles. The van der Waals surface area contributed by atoms with Crippen LogP contribution < -0.4 is 5.73 Å². The van der Waals surface area contributed by atoms with E-state index in [1.54, 1.807) is 6.92 Å². The summed E-state index contributed by atoms with van der Waals surface area (Å²) in [6, 6.07) is -0.761. The summed E-state index contributed by atoms with van der Waals surface area (Å²) in [5, 5.41) is 0. The number of primary amides is 1. The molecule has 3 aliphatic rings. The number of nitrogens with two attached hydrogens (primary N) is 1. The summed E-state index contributed by atoms with van der Waals surface area (Å²) < 4.78 is 5.31. The van der Waals surface area contributed by atoms with E-state index in [4.69, 9.17) is 10.5 Å². The van der Waals surface area contributed by atoms with Crippen molar-refractivity contribution in [3.63, 3.8) is 0 Å². The number of likely N-dealkylation sites (tertiary alicyclic amines) is 1. The van der Waals surface area contributed by atoms with Gasteiger partial charge in [-0.05, 0) is 41.9 Å². The molecule has 5 atom stereocenters. The Labute approximate surface area is 237 Å². The fraction of sp³-hybridized carbons (Fsp3) is 0.742. The largest absolute Gasteiger partial charge is 0.462 e. The van der Waals surface area contributed by atoms with E-state index in [1.165, 1.54) is 17.1 Å². The summed E-state index contributed by atoms with van der Waals surface area (Å²) in [5.41, 5.74) is 4.90. The van der Waals surface area contributed by atoms with E-state index in [9.17, 15) is 28.8 Å². The van der Waals surface area contributed by atoms with Crippen molar-refractivity contribution in [2.45, 2.75) is 92.5 Å². The van der Waals surface area contributed by atoms with E-state index < -0.39 is 41.4 Å². The van der Waals surface area contributed by atoms with E-state index in [2.05, 4.69) is 13.8 Å². The molecule has 222 valence electrons. The first-order valence-corrected chi connectivity index (χ1v) is 14.5. The Hall–Kier alpha value is -2.84. The van der Waals surface area contributed by atoms with Crippen molar-refractivity contribution < 1.29 is 33.5 Å². The van der Waals surface area contributed by atoms with E-state index >= 15 is 0 Å². The number of rotatable bonds is 14. The molecule has 2 amide bonds. The van der Waals surface area contributed by atoms with Crippen LogP contribution in [0.3, 0.4) is 0 Å². The maximum absolute atomic E-state index is 13.9. The van der Waals surface area contributed by atoms with Gasteiger partial charge in [0.2, 0.25) is 11.7 Å². The molecule has 2 N–H and O–H groups in total. The Morgan fingerprint density at radius 2 is 1.70 bits per heavy atom. The molecule has 3 rings (SSSR count). The Morgan fingerprint density at radius 1 is 1.05 bits per heavy atom. The predicted octanol–water partition coefficient (Wildman–Crippen LogP) is 3.42. The Bertz CT molecular complexity index is 1070. The number of esters is 1. The van der Waals surface area contributed by atoms with Crippen LogP contribution in [0.15, 0.2) is 12.2 Å². The van der Waals surface area contributed by atoms with Gasteiger partial charge in [0.05, 0.1) is 12.0 Å². The van der Waals surface area contributed by atoms with E-state index in [0.717, 1.165) is 19.3 Å². The number of carbonyl (C=O) groups is 6. The summed E-state index contributed by atoms with van der Waals surface area (Å²) in [6.07, 6.45) is 6.22. The second-order valence-corrected chi connectivity index (χ2v) is 13.8. The zero-order valence-electron chi connectivity index (χ0n) is 24.9. The predicted molar refractivity (Wildman–Crippen MR) is 148 cm³/mol. The first-order chi connectivity index (χ1) is 18.6. The van der Waals surface area contributed by atoms with Crippen LogP contribution in [-0.4, -0.2) is 59.2 Å². The van der Waals surface area contributed by atoms with Gasteiger partial charge >= 0.3 is 5.97 Å². The maximum atomic E-state index is 13.9. The normalized spacial score (nSPS) is 25.1. The van der Waals surface area contributed by atoms with Gasteiger partial charge in [-0.25, -0.2) is 4.79 Å². The highest BCUT2D eigenvalue weighted by Crippen LogP contribution is 2.65. The van der Waals surface area contributed by atoms with Crippen molar-refractivity contribution in [1.29, 1.82) is 0 Å². The quantitative estimate of drug-likeness (QED) is 0.196. The van der Waals surface area contributed by atoms with Crippen LogP contribution >= 0.6 is 0 Å². The first-order valence-electron chi connectivity index (χ1n) is 14.5. The third-order valence-electron chi connectivity index (χ3n) is 9.01. The molecule has 0 bridgehead atoms. The van der Waals surface area contributed by atoms with E-state index in [1.807, 2.05) is 20.8 Å². The number of piperidine rings is 1. The van der Waals surface area contributed by atoms with Crippen LogP contribution in [0, 0.1) is 40.4 Å². The minimum atomic E-state index is -1.04. The zero-order chi connectivity index (χ0) is 30.0. The molecular formula is C31H46N2O7. The summed E-state index contributed by atoms with van der Waals surface area (Å²) in [5.74, 6) is -4.53. The number of carbonyl (C=O) groups excluding carboxylic acids is 6. The molecule has 3 fully saturated rings. The molecule has 9 nitrogen and oxygen atoms in total.